The fourth-order valence-electron chi connectivity index (χ4n) is 3.22. The number of carbonyl (C=O) groups excluding carboxylic acids is 1. The second-order valence-electron chi connectivity index (χ2n) is 6.62. The van der Waals surface area contributed by atoms with E-state index in [2.05, 4.69) is 20.9 Å². The first-order valence-corrected chi connectivity index (χ1v) is 9.59. The quantitative estimate of drug-likeness (QED) is 0.221. The molecule has 1 aromatic rings. The Kier molecular flexibility index (Phi) is 12.2. The van der Waals surface area contributed by atoms with E-state index < -0.39 is 0 Å². The van der Waals surface area contributed by atoms with Crippen molar-refractivity contribution in [1.29, 1.82) is 0 Å². The lowest BCUT2D eigenvalue weighted by molar-refractivity contribution is -0.119. The molecule has 1 aromatic heterocycles. The van der Waals surface area contributed by atoms with Crippen LogP contribution < -0.4 is 16.0 Å². The van der Waals surface area contributed by atoms with E-state index in [4.69, 9.17) is 4.42 Å². The molecule has 0 aliphatic heterocycles. The van der Waals surface area contributed by atoms with Gasteiger partial charge >= 0.3 is 0 Å². The fraction of sp³-hybridized carbons (Fsp3) is 0.684. The molecule has 0 saturated heterocycles. The van der Waals surface area contributed by atoms with Gasteiger partial charge in [-0.15, -0.1) is 24.0 Å². The van der Waals surface area contributed by atoms with Crippen molar-refractivity contribution in [2.75, 3.05) is 19.6 Å². The van der Waals surface area contributed by atoms with Gasteiger partial charge < -0.3 is 20.4 Å². The van der Waals surface area contributed by atoms with E-state index in [0.29, 0.717) is 12.5 Å². The van der Waals surface area contributed by atoms with Crippen molar-refractivity contribution in [1.82, 2.24) is 16.0 Å². The number of amides is 1. The summed E-state index contributed by atoms with van der Waals surface area (Å²) in [4.78, 5) is 16.2. The number of aliphatic imine (C=N–C) groups is 1. The Morgan fingerprint density at radius 1 is 1.23 bits per heavy atom. The minimum atomic E-state index is -0.115. The minimum absolute atomic E-state index is 0. The summed E-state index contributed by atoms with van der Waals surface area (Å²) in [5.74, 6) is 2.24. The van der Waals surface area contributed by atoms with Crippen LogP contribution >= 0.6 is 24.0 Å². The SMILES string of the molecule is CCNC(=NCC(=O)NCc1ccco1)NCCCC1CCCCC1.I. The van der Waals surface area contributed by atoms with Crippen LogP contribution in [0.25, 0.3) is 0 Å². The Hall–Kier alpha value is -1.25. The van der Waals surface area contributed by atoms with Crippen molar-refractivity contribution >= 4 is 35.8 Å². The van der Waals surface area contributed by atoms with E-state index in [-0.39, 0.29) is 36.4 Å². The summed E-state index contributed by atoms with van der Waals surface area (Å²) < 4.78 is 5.19. The Morgan fingerprint density at radius 3 is 2.73 bits per heavy atom. The average Bonchev–Trinajstić information content (AvgIpc) is 3.16. The van der Waals surface area contributed by atoms with E-state index in [1.165, 1.54) is 38.5 Å². The fourth-order valence-corrected chi connectivity index (χ4v) is 3.22. The van der Waals surface area contributed by atoms with Gasteiger partial charge in [0.15, 0.2) is 5.96 Å². The van der Waals surface area contributed by atoms with Crippen molar-refractivity contribution in [2.45, 2.75) is 58.4 Å². The average molecular weight is 476 g/mol. The van der Waals surface area contributed by atoms with Gasteiger partial charge in [0.05, 0.1) is 12.8 Å². The summed E-state index contributed by atoms with van der Waals surface area (Å²) in [6, 6.07) is 3.64. The van der Waals surface area contributed by atoms with E-state index in [0.717, 1.165) is 31.2 Å². The lowest BCUT2D eigenvalue weighted by Crippen LogP contribution is -2.39. The molecule has 1 fully saturated rings. The molecular formula is C19H33IN4O2. The van der Waals surface area contributed by atoms with Gasteiger partial charge in [-0.2, -0.15) is 0 Å². The molecule has 1 aliphatic rings. The predicted molar refractivity (Wildman–Crippen MR) is 116 cm³/mol. The number of hydrogen-bond donors (Lipinski definition) is 3. The van der Waals surface area contributed by atoms with Crippen LogP contribution in [0.5, 0.6) is 0 Å². The Morgan fingerprint density at radius 2 is 2.04 bits per heavy atom. The molecule has 26 heavy (non-hydrogen) atoms. The van der Waals surface area contributed by atoms with Crippen molar-refractivity contribution in [3.05, 3.63) is 24.2 Å². The highest BCUT2D eigenvalue weighted by Crippen LogP contribution is 2.26. The molecule has 1 amide bonds. The third-order valence-corrected chi connectivity index (χ3v) is 4.57. The number of hydrogen-bond acceptors (Lipinski definition) is 3. The number of halogens is 1. The van der Waals surface area contributed by atoms with Crippen molar-refractivity contribution in [2.24, 2.45) is 10.9 Å². The third-order valence-electron chi connectivity index (χ3n) is 4.57. The molecular weight excluding hydrogens is 443 g/mol. The van der Waals surface area contributed by atoms with E-state index in [9.17, 15) is 4.79 Å². The maximum atomic E-state index is 11.9. The number of nitrogens with zero attached hydrogens (tertiary/aromatic N) is 1. The summed E-state index contributed by atoms with van der Waals surface area (Å²) >= 11 is 0. The van der Waals surface area contributed by atoms with Gasteiger partial charge in [0, 0.05) is 13.1 Å². The molecule has 2 rings (SSSR count). The molecule has 6 nitrogen and oxygen atoms in total. The molecule has 0 atom stereocenters. The molecule has 148 valence electrons. The molecule has 3 N–H and O–H groups in total. The summed E-state index contributed by atoms with van der Waals surface area (Å²) in [6.45, 7) is 4.21. The Labute approximate surface area is 174 Å². The molecule has 0 unspecified atom stereocenters. The standard InChI is InChI=1S/C19H32N4O2.HI/c1-2-20-19(21-12-6-10-16-8-4-3-5-9-16)23-15-18(24)22-14-17-11-7-13-25-17;/h7,11,13,16H,2-6,8-10,12,14-15H2,1H3,(H,22,24)(H2,20,21,23);1H. The van der Waals surface area contributed by atoms with Gasteiger partial charge in [-0.25, -0.2) is 4.99 Å². The highest BCUT2D eigenvalue weighted by Gasteiger charge is 2.12. The Balaban J connectivity index is 0.00000338. The molecule has 0 spiro atoms. The first-order valence-electron chi connectivity index (χ1n) is 9.59. The van der Waals surface area contributed by atoms with Crippen LogP contribution in [0.4, 0.5) is 0 Å². The zero-order valence-electron chi connectivity index (χ0n) is 15.8. The van der Waals surface area contributed by atoms with E-state index >= 15 is 0 Å². The van der Waals surface area contributed by atoms with Gasteiger partial charge in [-0.05, 0) is 37.8 Å². The van der Waals surface area contributed by atoms with Crippen LogP contribution in [0, 0.1) is 5.92 Å². The molecule has 1 aliphatic carbocycles. The molecule has 7 heteroatoms. The van der Waals surface area contributed by atoms with Crippen LogP contribution in [0.2, 0.25) is 0 Å². The summed E-state index contributed by atoms with van der Waals surface area (Å²) in [5.41, 5.74) is 0. The smallest absolute Gasteiger partial charge is 0.242 e. The summed E-state index contributed by atoms with van der Waals surface area (Å²) in [6.07, 6.45) is 11.0. The number of carbonyl (C=O) groups is 1. The second kappa shape index (κ2) is 13.9. The first-order chi connectivity index (χ1) is 12.3. The van der Waals surface area contributed by atoms with Crippen molar-refractivity contribution in [3.8, 4) is 0 Å². The van der Waals surface area contributed by atoms with Gasteiger partial charge in [-0.1, -0.05) is 32.1 Å². The number of guanidine groups is 1. The largest absolute Gasteiger partial charge is 0.467 e. The summed E-state index contributed by atoms with van der Waals surface area (Å²) in [7, 11) is 0. The van der Waals surface area contributed by atoms with Gasteiger partial charge in [0.2, 0.25) is 5.91 Å². The molecule has 1 heterocycles. The second-order valence-corrected chi connectivity index (χ2v) is 6.62. The van der Waals surface area contributed by atoms with Crippen molar-refractivity contribution < 1.29 is 9.21 Å². The van der Waals surface area contributed by atoms with Crippen LogP contribution in [-0.4, -0.2) is 31.5 Å². The highest BCUT2D eigenvalue weighted by molar-refractivity contribution is 14.0. The first kappa shape index (κ1) is 22.8. The monoisotopic (exact) mass is 476 g/mol. The van der Waals surface area contributed by atoms with E-state index in [1.807, 2.05) is 13.0 Å². The number of furan rings is 1. The van der Waals surface area contributed by atoms with Crippen LogP contribution in [0.15, 0.2) is 27.8 Å². The van der Waals surface area contributed by atoms with Crippen LogP contribution in [-0.2, 0) is 11.3 Å². The van der Waals surface area contributed by atoms with E-state index in [1.54, 1.807) is 12.3 Å². The zero-order chi connectivity index (χ0) is 17.7. The predicted octanol–water partition coefficient (Wildman–Crippen LogP) is 3.43. The van der Waals surface area contributed by atoms with Gasteiger partial charge in [0.1, 0.15) is 12.3 Å². The van der Waals surface area contributed by atoms with Gasteiger partial charge in [-0.3, -0.25) is 4.79 Å². The third kappa shape index (κ3) is 9.45. The minimum Gasteiger partial charge on any atom is -0.467 e. The van der Waals surface area contributed by atoms with Crippen LogP contribution in [0.1, 0.15) is 57.6 Å². The van der Waals surface area contributed by atoms with Gasteiger partial charge in [0.25, 0.3) is 0 Å². The lowest BCUT2D eigenvalue weighted by Gasteiger charge is -2.21. The molecule has 1 saturated carbocycles. The Bertz CT molecular complexity index is 514. The zero-order valence-corrected chi connectivity index (χ0v) is 18.1. The lowest BCUT2D eigenvalue weighted by atomic mass is 9.86. The van der Waals surface area contributed by atoms with Crippen LogP contribution in [0.3, 0.4) is 0 Å². The molecule has 0 radical (unpaired) electrons. The molecule has 0 bridgehead atoms. The number of nitrogens with one attached hydrogen (secondary N) is 3. The summed E-state index contributed by atoms with van der Waals surface area (Å²) in [5, 5.41) is 9.31. The highest BCUT2D eigenvalue weighted by atomic mass is 127. The normalized spacial score (nSPS) is 15.2. The topological polar surface area (TPSA) is 78.7 Å². The maximum Gasteiger partial charge on any atom is 0.242 e. The maximum absolute atomic E-state index is 11.9. The number of rotatable bonds is 9. The van der Waals surface area contributed by atoms with Crippen molar-refractivity contribution in [3.63, 3.8) is 0 Å². The molecule has 0 aromatic carbocycles.